The fourth-order valence-electron chi connectivity index (χ4n) is 4.08. The van der Waals surface area contributed by atoms with Crippen molar-refractivity contribution in [3.8, 4) is 5.88 Å². The van der Waals surface area contributed by atoms with Crippen molar-refractivity contribution in [1.29, 1.82) is 0 Å². The second kappa shape index (κ2) is 13.9. The summed E-state index contributed by atoms with van der Waals surface area (Å²) in [7, 11) is 1.70. The van der Waals surface area contributed by atoms with Gasteiger partial charge in [-0.3, -0.25) is 4.72 Å². The molecule has 2 aromatic rings. The third kappa shape index (κ3) is 8.53. The topological polar surface area (TPSA) is 109 Å². The lowest BCUT2D eigenvalue weighted by Crippen LogP contribution is -2.36. The van der Waals surface area contributed by atoms with Crippen LogP contribution in [-0.4, -0.2) is 61.6 Å². The normalized spacial score (nSPS) is 19.1. The largest absolute Gasteiger partial charge is 0.481 e. The number of anilines is 2. The van der Waals surface area contributed by atoms with Crippen LogP contribution in [0.25, 0.3) is 12.2 Å². The minimum atomic E-state index is -4.01. The molecule has 0 saturated heterocycles. The Labute approximate surface area is 240 Å². The van der Waals surface area contributed by atoms with E-state index in [1.807, 2.05) is 6.08 Å². The zero-order valence-electron chi connectivity index (χ0n) is 22.5. The highest BCUT2D eigenvalue weighted by molar-refractivity contribution is 7.96. The number of methoxy groups -OCH3 is 1. The second-order valence-corrected chi connectivity index (χ2v) is 11.9. The summed E-state index contributed by atoms with van der Waals surface area (Å²) < 4.78 is 33.3. The molecule has 1 saturated carbocycles. The summed E-state index contributed by atoms with van der Waals surface area (Å²) in [5, 5.41) is 3.38. The van der Waals surface area contributed by atoms with Gasteiger partial charge in [-0.1, -0.05) is 41.9 Å². The zero-order valence-corrected chi connectivity index (χ0v) is 24.8. The number of aromatic nitrogens is 3. The summed E-state index contributed by atoms with van der Waals surface area (Å²) in [6, 6.07) is 4.23. The number of nitrogens with zero attached hydrogens (tertiary/aromatic N) is 4. The van der Waals surface area contributed by atoms with E-state index in [4.69, 9.17) is 27.9 Å². The van der Waals surface area contributed by atoms with Crippen molar-refractivity contribution in [3.05, 3.63) is 69.4 Å². The molecular weight excluding hydrogens is 559 g/mol. The van der Waals surface area contributed by atoms with Crippen molar-refractivity contribution in [3.63, 3.8) is 0 Å². The second-order valence-electron chi connectivity index (χ2n) is 9.31. The van der Waals surface area contributed by atoms with Gasteiger partial charge in [0.05, 0.1) is 22.1 Å². The Bertz CT molecular complexity index is 1350. The summed E-state index contributed by atoms with van der Waals surface area (Å²) in [5.41, 5.74) is 1.44. The van der Waals surface area contributed by atoms with Crippen molar-refractivity contribution >= 4 is 57.1 Å². The van der Waals surface area contributed by atoms with E-state index in [1.165, 1.54) is 32.3 Å². The molecule has 1 aliphatic rings. The lowest BCUT2D eigenvalue weighted by molar-refractivity contribution is 0.221. The smallest absolute Gasteiger partial charge is 0.260 e. The van der Waals surface area contributed by atoms with E-state index in [-0.39, 0.29) is 26.7 Å². The number of sulfonamides is 1. The van der Waals surface area contributed by atoms with Crippen LogP contribution in [0.4, 0.5) is 11.8 Å². The Balaban J connectivity index is 1.66. The predicted molar refractivity (Wildman–Crippen MR) is 160 cm³/mol. The van der Waals surface area contributed by atoms with Crippen molar-refractivity contribution < 1.29 is 13.2 Å². The molecule has 3 rings (SSSR count). The highest BCUT2D eigenvalue weighted by atomic mass is 35.5. The average molecular weight is 594 g/mol. The standard InChI is InChI=1S/C27H34Cl2N6O3S/c1-6-7-23(28)25(29)18(2)39(36,37)34-24-15-10-20(26(33-24)38-5)9-8-19-16-30-27(31-17-19)32-21-11-13-22(14-12-21)35(3)4/h6-10,15-17,21-22H,1,11-14H2,2-5H3,(H,33,34)(H,30,31,32)/b9-8+,23-7+,25-18-/t21-,22-. The summed E-state index contributed by atoms with van der Waals surface area (Å²) in [4.78, 5) is 15.3. The molecule has 39 heavy (non-hydrogen) atoms. The first-order chi connectivity index (χ1) is 18.5. The minimum absolute atomic E-state index is 0.0560. The Morgan fingerprint density at radius 2 is 1.79 bits per heavy atom. The summed E-state index contributed by atoms with van der Waals surface area (Å²) in [6.07, 6.45) is 14.4. The number of ether oxygens (including phenoxy) is 1. The van der Waals surface area contributed by atoms with E-state index in [1.54, 1.807) is 24.5 Å². The number of hydrogen-bond acceptors (Lipinski definition) is 8. The molecule has 9 nitrogen and oxygen atoms in total. The van der Waals surface area contributed by atoms with Gasteiger partial charge in [0.2, 0.25) is 11.8 Å². The van der Waals surface area contributed by atoms with E-state index < -0.39 is 10.0 Å². The maximum Gasteiger partial charge on any atom is 0.260 e. The van der Waals surface area contributed by atoms with Gasteiger partial charge < -0.3 is 15.0 Å². The molecule has 0 aromatic carbocycles. The molecule has 0 unspecified atom stereocenters. The number of rotatable bonds is 11. The van der Waals surface area contributed by atoms with Crippen molar-refractivity contribution in [2.45, 2.75) is 44.7 Å². The van der Waals surface area contributed by atoms with Gasteiger partial charge in [-0.15, -0.1) is 0 Å². The number of halogens is 2. The molecule has 210 valence electrons. The molecular formula is C27H34Cl2N6O3S. The van der Waals surface area contributed by atoms with Gasteiger partial charge in [-0.2, -0.15) is 4.98 Å². The van der Waals surface area contributed by atoms with E-state index >= 15 is 0 Å². The van der Waals surface area contributed by atoms with Gasteiger partial charge in [0.15, 0.2) is 0 Å². The highest BCUT2D eigenvalue weighted by Gasteiger charge is 2.23. The Morgan fingerprint density at radius 1 is 1.13 bits per heavy atom. The van der Waals surface area contributed by atoms with E-state index in [0.717, 1.165) is 31.2 Å². The summed E-state index contributed by atoms with van der Waals surface area (Å²) in [6.45, 7) is 4.86. The molecule has 0 radical (unpaired) electrons. The first kappa shape index (κ1) is 30.6. The summed E-state index contributed by atoms with van der Waals surface area (Å²) >= 11 is 12.1. The van der Waals surface area contributed by atoms with Gasteiger partial charge in [0.1, 0.15) is 5.82 Å². The van der Waals surface area contributed by atoms with Crippen LogP contribution in [0.5, 0.6) is 5.88 Å². The summed E-state index contributed by atoms with van der Waals surface area (Å²) in [5.74, 6) is 0.911. The average Bonchev–Trinajstić information content (AvgIpc) is 2.92. The zero-order chi connectivity index (χ0) is 28.6. The van der Waals surface area contributed by atoms with Gasteiger partial charge >= 0.3 is 0 Å². The molecule has 0 atom stereocenters. The Kier molecular flexibility index (Phi) is 10.9. The van der Waals surface area contributed by atoms with E-state index in [0.29, 0.717) is 23.6 Å². The van der Waals surface area contributed by atoms with Crippen LogP contribution in [0.3, 0.4) is 0 Å². The Hall–Kier alpha value is -2.92. The van der Waals surface area contributed by atoms with Gasteiger partial charge in [-0.05, 0) is 71.0 Å². The molecule has 1 aliphatic carbocycles. The lowest BCUT2D eigenvalue weighted by atomic mass is 9.91. The number of pyridine rings is 1. The first-order valence-electron chi connectivity index (χ1n) is 12.4. The quantitative estimate of drug-likeness (QED) is 0.312. The molecule has 0 bridgehead atoms. The SMILES string of the molecule is C=C/C=C(Cl)\C(Cl)=C(/C)S(=O)(=O)Nc1ccc(/C=C/c2cnc(N[C@H]3CC[C@H](N(C)C)CC3)nc2)c(OC)n1. The molecule has 12 heteroatoms. The van der Waals surface area contributed by atoms with Crippen LogP contribution in [0, 0.1) is 0 Å². The monoisotopic (exact) mass is 592 g/mol. The lowest BCUT2D eigenvalue weighted by Gasteiger charge is -2.32. The molecule has 0 spiro atoms. The molecule has 0 aliphatic heterocycles. The Morgan fingerprint density at radius 3 is 2.38 bits per heavy atom. The third-order valence-corrected chi connectivity index (χ3v) is 8.89. The number of nitrogens with one attached hydrogen (secondary N) is 2. The molecule has 1 fully saturated rings. The predicted octanol–water partition coefficient (Wildman–Crippen LogP) is 5.86. The maximum atomic E-state index is 12.8. The number of allylic oxidation sites excluding steroid dienone is 5. The van der Waals surface area contributed by atoms with E-state index in [2.05, 4.69) is 50.6 Å². The number of hydrogen-bond donors (Lipinski definition) is 2. The van der Waals surface area contributed by atoms with Crippen LogP contribution < -0.4 is 14.8 Å². The van der Waals surface area contributed by atoms with Gasteiger partial charge in [-0.25, -0.2) is 18.4 Å². The molecule has 2 aromatic heterocycles. The highest BCUT2D eigenvalue weighted by Crippen LogP contribution is 2.28. The fraction of sp³-hybridized carbons (Fsp3) is 0.370. The van der Waals surface area contributed by atoms with E-state index in [9.17, 15) is 8.42 Å². The molecule has 0 amide bonds. The third-order valence-electron chi connectivity index (χ3n) is 6.40. The van der Waals surface area contributed by atoms with Crippen molar-refractivity contribution in [2.75, 3.05) is 31.2 Å². The van der Waals surface area contributed by atoms with Crippen LogP contribution in [0.15, 0.2) is 58.2 Å². The van der Waals surface area contributed by atoms with Crippen LogP contribution in [0.2, 0.25) is 0 Å². The fourth-order valence-corrected chi connectivity index (χ4v) is 5.62. The first-order valence-corrected chi connectivity index (χ1v) is 14.6. The van der Waals surface area contributed by atoms with Crippen molar-refractivity contribution in [1.82, 2.24) is 19.9 Å². The minimum Gasteiger partial charge on any atom is -0.481 e. The maximum absolute atomic E-state index is 12.8. The van der Waals surface area contributed by atoms with Crippen LogP contribution in [-0.2, 0) is 10.0 Å². The van der Waals surface area contributed by atoms with Gasteiger partial charge in [0.25, 0.3) is 10.0 Å². The van der Waals surface area contributed by atoms with Crippen LogP contribution >= 0.6 is 23.2 Å². The molecule has 2 heterocycles. The van der Waals surface area contributed by atoms with Crippen molar-refractivity contribution in [2.24, 2.45) is 0 Å². The van der Waals surface area contributed by atoms with Gasteiger partial charge in [0, 0.05) is 35.6 Å². The molecule has 2 N–H and O–H groups in total. The van der Waals surface area contributed by atoms with Crippen LogP contribution in [0.1, 0.15) is 43.7 Å².